The molecule has 1 fully saturated rings. The topological polar surface area (TPSA) is 85.7 Å². The number of halogens is 1. The summed E-state index contributed by atoms with van der Waals surface area (Å²) in [5.74, 6) is 0.727. The highest BCUT2D eigenvalue weighted by molar-refractivity contribution is 5.26. The van der Waals surface area contributed by atoms with Crippen molar-refractivity contribution in [2.24, 2.45) is 5.11 Å². The van der Waals surface area contributed by atoms with Gasteiger partial charge in [0.2, 0.25) is 0 Å². The van der Waals surface area contributed by atoms with E-state index in [-0.39, 0.29) is 6.61 Å². The fourth-order valence-electron chi connectivity index (χ4n) is 2.46. The van der Waals surface area contributed by atoms with Gasteiger partial charge in [0.15, 0.2) is 6.29 Å². The van der Waals surface area contributed by atoms with Gasteiger partial charge in [0, 0.05) is 12.0 Å². The van der Waals surface area contributed by atoms with Crippen LogP contribution < -0.4 is 4.74 Å². The molecular formula is C15H20FN3O4. The lowest BCUT2D eigenvalue weighted by Crippen LogP contribution is -2.55. The summed E-state index contributed by atoms with van der Waals surface area (Å²) in [6.07, 6.45) is -3.94. The van der Waals surface area contributed by atoms with Gasteiger partial charge >= 0.3 is 0 Å². The van der Waals surface area contributed by atoms with Crippen molar-refractivity contribution in [2.45, 2.75) is 44.2 Å². The molecule has 0 spiro atoms. The van der Waals surface area contributed by atoms with E-state index < -0.39 is 30.7 Å². The number of rotatable bonds is 6. The van der Waals surface area contributed by atoms with Crippen molar-refractivity contribution in [3.63, 3.8) is 0 Å². The van der Waals surface area contributed by atoms with Crippen LogP contribution in [0.2, 0.25) is 0 Å². The predicted molar refractivity (Wildman–Crippen MR) is 80.7 cm³/mol. The molecule has 1 heterocycles. The lowest BCUT2D eigenvalue weighted by Gasteiger charge is -2.39. The van der Waals surface area contributed by atoms with E-state index in [2.05, 4.69) is 10.0 Å². The van der Waals surface area contributed by atoms with E-state index in [1.807, 2.05) is 12.1 Å². The van der Waals surface area contributed by atoms with Gasteiger partial charge in [0.25, 0.3) is 0 Å². The third-order valence-electron chi connectivity index (χ3n) is 3.76. The fraction of sp³-hybridized carbons (Fsp3) is 0.600. The van der Waals surface area contributed by atoms with Gasteiger partial charge in [-0.25, -0.2) is 4.39 Å². The maximum absolute atomic E-state index is 14.6. The van der Waals surface area contributed by atoms with E-state index in [9.17, 15) is 4.39 Å². The molecule has 0 amide bonds. The molecule has 0 unspecified atom stereocenters. The molecule has 0 bridgehead atoms. The van der Waals surface area contributed by atoms with Gasteiger partial charge in [-0.1, -0.05) is 17.2 Å². The molecule has 8 heteroatoms. The van der Waals surface area contributed by atoms with Crippen molar-refractivity contribution >= 4 is 0 Å². The van der Waals surface area contributed by atoms with E-state index in [0.29, 0.717) is 0 Å². The van der Waals surface area contributed by atoms with Crippen molar-refractivity contribution in [3.8, 4) is 5.75 Å². The van der Waals surface area contributed by atoms with Gasteiger partial charge in [0.1, 0.15) is 18.0 Å². The van der Waals surface area contributed by atoms with Crippen molar-refractivity contribution < 1.29 is 23.3 Å². The predicted octanol–water partition coefficient (Wildman–Crippen LogP) is 2.99. The second-order valence-electron chi connectivity index (χ2n) is 5.21. The molecule has 7 nitrogen and oxygen atoms in total. The van der Waals surface area contributed by atoms with Crippen LogP contribution in [-0.4, -0.2) is 44.9 Å². The van der Waals surface area contributed by atoms with E-state index in [0.717, 1.165) is 11.3 Å². The first-order chi connectivity index (χ1) is 11.1. The van der Waals surface area contributed by atoms with Crippen LogP contribution in [0.5, 0.6) is 5.75 Å². The van der Waals surface area contributed by atoms with E-state index in [1.165, 1.54) is 7.11 Å². The number of methoxy groups -OCH3 is 2. The molecule has 1 aliphatic rings. The Morgan fingerprint density at radius 2 is 2.00 bits per heavy atom. The SMILES string of the molecule is COc1ccc(CO[C@H]2[C@@H](OC)O[C@H](C)[C@@H](N=[N+]=[N-])[C@@H]2F)cc1. The minimum atomic E-state index is -1.52. The zero-order valence-corrected chi connectivity index (χ0v) is 13.3. The van der Waals surface area contributed by atoms with Crippen LogP contribution in [0.15, 0.2) is 29.4 Å². The number of alkyl halides is 1. The van der Waals surface area contributed by atoms with E-state index in [1.54, 1.807) is 26.2 Å². The molecule has 0 saturated carbocycles. The number of azide groups is 1. The average molecular weight is 325 g/mol. The number of hydrogen-bond acceptors (Lipinski definition) is 5. The van der Waals surface area contributed by atoms with Gasteiger partial charge in [-0.3, -0.25) is 0 Å². The lowest BCUT2D eigenvalue weighted by atomic mass is 9.99. The molecule has 0 N–H and O–H groups in total. The minimum absolute atomic E-state index is 0.176. The molecule has 2 rings (SSSR count). The quantitative estimate of drug-likeness (QED) is 0.457. The first-order valence-electron chi connectivity index (χ1n) is 7.21. The van der Waals surface area contributed by atoms with Crippen LogP contribution in [0.1, 0.15) is 12.5 Å². The van der Waals surface area contributed by atoms with Crippen molar-refractivity contribution in [1.29, 1.82) is 0 Å². The number of hydrogen-bond donors (Lipinski definition) is 0. The summed E-state index contributed by atoms with van der Waals surface area (Å²) in [5, 5.41) is 3.47. The summed E-state index contributed by atoms with van der Waals surface area (Å²) in [6.45, 7) is 1.81. The van der Waals surface area contributed by atoms with Gasteiger partial charge in [0.05, 0.1) is 25.9 Å². The van der Waals surface area contributed by atoms with Crippen LogP contribution in [0.25, 0.3) is 10.4 Å². The van der Waals surface area contributed by atoms with Gasteiger partial charge in [-0.05, 0) is 30.2 Å². The van der Waals surface area contributed by atoms with Crippen LogP contribution >= 0.6 is 0 Å². The van der Waals surface area contributed by atoms with Gasteiger partial charge in [-0.15, -0.1) is 0 Å². The normalized spacial score (nSPS) is 30.5. The molecule has 1 saturated heterocycles. The largest absolute Gasteiger partial charge is 0.497 e. The molecule has 23 heavy (non-hydrogen) atoms. The Bertz CT molecular complexity index is 550. The summed E-state index contributed by atoms with van der Waals surface area (Å²) in [5.41, 5.74) is 9.43. The Balaban J connectivity index is 2.06. The van der Waals surface area contributed by atoms with Crippen LogP contribution in [-0.2, 0) is 20.8 Å². The van der Waals surface area contributed by atoms with Crippen molar-refractivity contribution in [2.75, 3.05) is 14.2 Å². The van der Waals surface area contributed by atoms with Crippen LogP contribution in [0.4, 0.5) is 4.39 Å². The lowest BCUT2D eigenvalue weighted by molar-refractivity contribution is -0.263. The Kier molecular flexibility index (Phi) is 6.18. The Hall–Kier alpha value is -1.86. The summed E-state index contributed by atoms with van der Waals surface area (Å²) in [6, 6.07) is 6.28. The Labute approximate surface area is 133 Å². The monoisotopic (exact) mass is 325 g/mol. The molecule has 0 aromatic heterocycles. The Morgan fingerprint density at radius 3 is 2.57 bits per heavy atom. The summed E-state index contributed by atoms with van der Waals surface area (Å²) < 4.78 is 36.0. The van der Waals surface area contributed by atoms with Crippen molar-refractivity contribution in [3.05, 3.63) is 40.3 Å². The van der Waals surface area contributed by atoms with E-state index in [4.69, 9.17) is 24.5 Å². The van der Waals surface area contributed by atoms with Crippen LogP contribution in [0.3, 0.4) is 0 Å². The summed E-state index contributed by atoms with van der Waals surface area (Å²) in [7, 11) is 3.00. The number of ether oxygens (including phenoxy) is 4. The second-order valence-corrected chi connectivity index (χ2v) is 5.21. The third-order valence-corrected chi connectivity index (χ3v) is 3.76. The second kappa shape index (κ2) is 8.12. The maximum atomic E-state index is 14.6. The van der Waals surface area contributed by atoms with Crippen LogP contribution in [0, 0.1) is 0 Å². The fourth-order valence-corrected chi connectivity index (χ4v) is 2.46. The zero-order chi connectivity index (χ0) is 16.8. The molecule has 1 aromatic carbocycles. The van der Waals surface area contributed by atoms with E-state index >= 15 is 0 Å². The number of nitrogens with zero attached hydrogens (tertiary/aromatic N) is 3. The molecule has 126 valence electrons. The smallest absolute Gasteiger partial charge is 0.186 e. The Morgan fingerprint density at radius 1 is 1.30 bits per heavy atom. The minimum Gasteiger partial charge on any atom is -0.497 e. The van der Waals surface area contributed by atoms with Crippen molar-refractivity contribution in [1.82, 2.24) is 0 Å². The summed E-state index contributed by atoms with van der Waals surface area (Å²) >= 11 is 0. The summed E-state index contributed by atoms with van der Waals surface area (Å²) in [4.78, 5) is 2.68. The highest BCUT2D eigenvalue weighted by Gasteiger charge is 2.45. The van der Waals surface area contributed by atoms with Gasteiger partial charge < -0.3 is 18.9 Å². The first kappa shape index (κ1) is 17.5. The third kappa shape index (κ3) is 4.11. The zero-order valence-electron chi connectivity index (χ0n) is 13.3. The standard InChI is InChI=1S/C15H20FN3O4/c1-9-13(18-19-17)12(16)14(15(21-3)23-9)22-8-10-4-6-11(20-2)7-5-10/h4-7,9,12-15H,8H2,1-3H3/t9-,12+,13-,14-,15+/m1/s1. The van der Waals surface area contributed by atoms with Gasteiger partial charge in [-0.2, -0.15) is 0 Å². The molecule has 1 aliphatic heterocycles. The maximum Gasteiger partial charge on any atom is 0.186 e. The highest BCUT2D eigenvalue weighted by atomic mass is 19.1. The average Bonchev–Trinajstić information content (AvgIpc) is 2.57. The molecule has 1 aromatic rings. The molecule has 0 aliphatic carbocycles. The highest BCUT2D eigenvalue weighted by Crippen LogP contribution is 2.29. The molecular weight excluding hydrogens is 305 g/mol. The number of benzene rings is 1. The molecule has 0 radical (unpaired) electrons. The first-order valence-corrected chi connectivity index (χ1v) is 7.21. The molecule has 5 atom stereocenters.